The predicted octanol–water partition coefficient (Wildman–Crippen LogP) is 4.99. The van der Waals surface area contributed by atoms with Gasteiger partial charge in [-0.15, -0.1) is 0 Å². The fourth-order valence-electron chi connectivity index (χ4n) is 3.54. The Morgan fingerprint density at radius 3 is 1.41 bits per heavy atom. The van der Waals surface area contributed by atoms with E-state index in [9.17, 15) is 0 Å². The lowest BCUT2D eigenvalue weighted by molar-refractivity contribution is 0.0835. The van der Waals surface area contributed by atoms with Crippen LogP contribution >= 0.6 is 0 Å². The van der Waals surface area contributed by atoms with Crippen LogP contribution in [0.1, 0.15) is 26.7 Å². The Bertz CT molecular complexity index is 757. The quantitative estimate of drug-likeness (QED) is 0.304. The average Bonchev–Trinajstić information content (AvgIpc) is 3.76. The van der Waals surface area contributed by atoms with Gasteiger partial charge in [0.05, 0.1) is 39.6 Å². The van der Waals surface area contributed by atoms with Crippen LogP contribution in [0.3, 0.4) is 0 Å². The monoisotopic (exact) mass is 470 g/mol. The van der Waals surface area contributed by atoms with Gasteiger partial charge in [-0.1, -0.05) is 38.1 Å². The van der Waals surface area contributed by atoms with Crippen molar-refractivity contribution >= 4 is 0 Å². The smallest absolute Gasteiger partial charge is 0.119 e. The molecule has 0 bridgehead atoms. The van der Waals surface area contributed by atoms with Gasteiger partial charge in [0.25, 0.3) is 0 Å². The van der Waals surface area contributed by atoms with Crippen molar-refractivity contribution in [2.45, 2.75) is 38.9 Å². The van der Waals surface area contributed by atoms with Gasteiger partial charge < -0.3 is 28.4 Å². The predicted molar refractivity (Wildman–Crippen MR) is 132 cm³/mol. The summed E-state index contributed by atoms with van der Waals surface area (Å²) < 4.78 is 33.4. The molecule has 4 unspecified atom stereocenters. The molecule has 2 heterocycles. The molecule has 0 amide bonds. The summed E-state index contributed by atoms with van der Waals surface area (Å²) in [6.07, 6.45) is 2.60. The summed E-state index contributed by atoms with van der Waals surface area (Å²) in [7, 11) is 0. The zero-order chi connectivity index (χ0) is 23.6. The van der Waals surface area contributed by atoms with Gasteiger partial charge in [0.2, 0.25) is 0 Å². The summed E-state index contributed by atoms with van der Waals surface area (Å²) in [5.74, 6) is 2.73. The Labute approximate surface area is 203 Å². The van der Waals surface area contributed by atoms with Gasteiger partial charge in [0, 0.05) is 13.2 Å². The van der Waals surface area contributed by atoms with Crippen molar-refractivity contribution in [1.82, 2.24) is 0 Å². The third kappa shape index (κ3) is 9.26. The minimum Gasteiger partial charge on any atom is -0.494 e. The minimum absolute atomic E-state index is 0.331. The molecule has 34 heavy (non-hydrogen) atoms. The first kappa shape index (κ1) is 25.0. The van der Waals surface area contributed by atoms with Crippen LogP contribution in [-0.2, 0) is 18.9 Å². The molecule has 6 nitrogen and oxygen atoms in total. The zero-order valence-corrected chi connectivity index (χ0v) is 20.4. The zero-order valence-electron chi connectivity index (χ0n) is 20.4. The van der Waals surface area contributed by atoms with Crippen molar-refractivity contribution in [2.75, 3.05) is 52.9 Å². The van der Waals surface area contributed by atoms with Crippen molar-refractivity contribution in [1.29, 1.82) is 0 Å². The highest BCUT2D eigenvalue weighted by molar-refractivity contribution is 5.64. The van der Waals surface area contributed by atoms with Crippen LogP contribution in [0.15, 0.2) is 48.5 Å². The highest BCUT2D eigenvalue weighted by atomic mass is 16.6. The standard InChI is InChI=1S/C28H38O6/c1-21(15-29-17-27-19-33-27)11-13-31-25-7-3-23(4-8-25)24-5-9-26(10-6-24)32-14-12-22(2)16-30-18-28-20-34-28/h3-10,21-22,27-28H,11-20H2,1-2H3. The van der Waals surface area contributed by atoms with Crippen LogP contribution in [0.4, 0.5) is 0 Å². The topological polar surface area (TPSA) is 62.0 Å². The van der Waals surface area contributed by atoms with Crippen LogP contribution in [-0.4, -0.2) is 65.1 Å². The van der Waals surface area contributed by atoms with E-state index in [4.69, 9.17) is 28.4 Å². The highest BCUT2D eigenvalue weighted by Crippen LogP contribution is 2.25. The second kappa shape index (κ2) is 13.1. The first-order valence-corrected chi connectivity index (χ1v) is 12.5. The summed E-state index contributed by atoms with van der Waals surface area (Å²) in [6, 6.07) is 16.5. The van der Waals surface area contributed by atoms with Crippen molar-refractivity contribution in [3.8, 4) is 22.6 Å². The Hall–Kier alpha value is -2.12. The molecule has 2 fully saturated rings. The number of epoxide rings is 2. The number of benzene rings is 2. The van der Waals surface area contributed by atoms with Crippen molar-refractivity contribution in [3.63, 3.8) is 0 Å². The SMILES string of the molecule is CC(CCOc1ccc(-c2ccc(OCCC(C)COCC3CO3)cc2)cc1)COCC1CO1. The Morgan fingerprint density at radius 1 is 0.676 bits per heavy atom. The summed E-state index contributed by atoms with van der Waals surface area (Å²) >= 11 is 0. The van der Waals surface area contributed by atoms with Crippen LogP contribution in [0, 0.1) is 11.8 Å². The third-order valence-electron chi connectivity index (χ3n) is 6.02. The molecular weight excluding hydrogens is 432 g/mol. The van der Waals surface area contributed by atoms with E-state index >= 15 is 0 Å². The molecule has 2 aliphatic heterocycles. The molecule has 4 rings (SSSR count). The minimum atomic E-state index is 0.331. The molecule has 2 aromatic rings. The molecule has 2 saturated heterocycles. The fraction of sp³-hybridized carbons (Fsp3) is 0.571. The van der Waals surface area contributed by atoms with E-state index in [-0.39, 0.29) is 0 Å². The lowest BCUT2D eigenvalue weighted by atomic mass is 10.1. The molecule has 4 atom stereocenters. The van der Waals surface area contributed by atoms with Crippen molar-refractivity contribution in [2.24, 2.45) is 11.8 Å². The average molecular weight is 471 g/mol. The Kier molecular flexibility index (Phi) is 9.63. The summed E-state index contributed by atoms with van der Waals surface area (Å²) in [4.78, 5) is 0. The van der Waals surface area contributed by atoms with Crippen LogP contribution in [0.2, 0.25) is 0 Å². The Balaban J connectivity index is 1.11. The molecular formula is C28H38O6. The maximum atomic E-state index is 5.91. The second-order valence-corrected chi connectivity index (χ2v) is 9.52. The normalized spacial score (nSPS) is 20.5. The highest BCUT2D eigenvalue weighted by Gasteiger charge is 2.23. The fourth-order valence-corrected chi connectivity index (χ4v) is 3.54. The van der Waals surface area contributed by atoms with E-state index in [0.717, 1.165) is 61.9 Å². The van der Waals surface area contributed by atoms with Gasteiger partial charge in [-0.25, -0.2) is 0 Å². The molecule has 186 valence electrons. The van der Waals surface area contributed by atoms with E-state index in [1.165, 1.54) is 0 Å². The first-order chi connectivity index (χ1) is 16.7. The molecule has 0 aliphatic carbocycles. The molecule has 0 radical (unpaired) electrons. The van der Waals surface area contributed by atoms with Crippen molar-refractivity contribution in [3.05, 3.63) is 48.5 Å². The molecule has 0 saturated carbocycles. The number of hydrogen-bond donors (Lipinski definition) is 0. The molecule has 0 spiro atoms. The molecule has 2 aromatic carbocycles. The summed E-state index contributed by atoms with van der Waals surface area (Å²) in [6.45, 7) is 10.4. The Morgan fingerprint density at radius 2 is 1.06 bits per heavy atom. The molecule has 6 heteroatoms. The molecule has 0 aromatic heterocycles. The van der Waals surface area contributed by atoms with E-state index in [0.29, 0.717) is 50.5 Å². The summed E-state index contributed by atoms with van der Waals surface area (Å²) in [5.41, 5.74) is 2.32. The van der Waals surface area contributed by atoms with Gasteiger partial charge in [-0.3, -0.25) is 0 Å². The molecule has 2 aliphatic rings. The van der Waals surface area contributed by atoms with E-state index in [1.807, 2.05) is 24.3 Å². The maximum Gasteiger partial charge on any atom is 0.119 e. The van der Waals surface area contributed by atoms with Gasteiger partial charge in [0.15, 0.2) is 0 Å². The van der Waals surface area contributed by atoms with Gasteiger partial charge in [0.1, 0.15) is 23.7 Å². The maximum absolute atomic E-state index is 5.91. The number of rotatable bonds is 17. The lowest BCUT2D eigenvalue weighted by Crippen LogP contribution is -2.12. The van der Waals surface area contributed by atoms with Gasteiger partial charge in [-0.2, -0.15) is 0 Å². The summed E-state index contributed by atoms with van der Waals surface area (Å²) in [5, 5.41) is 0. The van der Waals surface area contributed by atoms with Gasteiger partial charge in [-0.05, 0) is 60.1 Å². The van der Waals surface area contributed by atoms with Crippen LogP contribution < -0.4 is 9.47 Å². The molecule has 0 N–H and O–H groups in total. The first-order valence-electron chi connectivity index (χ1n) is 12.5. The largest absolute Gasteiger partial charge is 0.494 e. The van der Waals surface area contributed by atoms with Gasteiger partial charge >= 0.3 is 0 Å². The van der Waals surface area contributed by atoms with E-state index in [1.54, 1.807) is 0 Å². The van der Waals surface area contributed by atoms with Crippen molar-refractivity contribution < 1.29 is 28.4 Å². The lowest BCUT2D eigenvalue weighted by Gasteiger charge is -2.13. The van der Waals surface area contributed by atoms with E-state index < -0.39 is 0 Å². The number of hydrogen-bond acceptors (Lipinski definition) is 6. The third-order valence-corrected chi connectivity index (χ3v) is 6.02. The second-order valence-electron chi connectivity index (χ2n) is 9.52. The van der Waals surface area contributed by atoms with Crippen LogP contribution in [0.5, 0.6) is 11.5 Å². The van der Waals surface area contributed by atoms with E-state index in [2.05, 4.69) is 38.1 Å². The number of ether oxygens (including phenoxy) is 6. The van der Waals surface area contributed by atoms with Crippen LogP contribution in [0.25, 0.3) is 11.1 Å².